The Hall–Kier alpha value is -11.8. The minimum Gasteiger partial charge on any atom is -0.493 e. The number of aliphatic hydroxyl groups is 2. The molecule has 41 heteroatoms. The highest BCUT2D eigenvalue weighted by molar-refractivity contribution is 9.10. The number of nitrogen functional groups attached to an aromatic ring is 1. The van der Waals surface area contributed by atoms with Crippen LogP contribution in [-0.4, -0.2) is 178 Å². The molecule has 12 rings (SSSR count). The van der Waals surface area contributed by atoms with Crippen molar-refractivity contribution < 1.29 is 67.6 Å². The molecule has 0 fully saturated rings. The number of fused-ring (bicyclic) bond motifs is 4. The largest absolute Gasteiger partial charge is 0.493 e. The van der Waals surface area contributed by atoms with Gasteiger partial charge in [-0.25, -0.2) is 24.1 Å². The first-order valence-electron chi connectivity index (χ1n) is 41.2. The van der Waals surface area contributed by atoms with Gasteiger partial charge in [0, 0.05) is 80.6 Å². The highest BCUT2D eigenvalue weighted by Crippen LogP contribution is 2.37. The molecule has 0 saturated heterocycles. The number of esters is 1. The first-order valence-corrected chi connectivity index (χ1v) is 44.8. The number of aromatic nitrogens is 16. The molecule has 0 unspecified atom stereocenters. The van der Waals surface area contributed by atoms with Gasteiger partial charge in [-0.1, -0.05) is 81.4 Å². The number of anilines is 1. The summed E-state index contributed by atoms with van der Waals surface area (Å²) in [5.74, 6) is 1.72. The molecule has 0 aliphatic carbocycles. The second-order valence-electron chi connectivity index (χ2n) is 30.8. The number of carboxylic acid groups (broad SMARTS) is 2. The van der Waals surface area contributed by atoms with Crippen molar-refractivity contribution in [3.05, 3.63) is 158 Å². The van der Waals surface area contributed by atoms with Crippen molar-refractivity contribution in [2.75, 3.05) is 46.4 Å². The van der Waals surface area contributed by atoms with E-state index in [0.717, 1.165) is 86.0 Å². The summed E-state index contributed by atoms with van der Waals surface area (Å²) in [5.41, 5.74) is 14.9. The number of nitrogens with one attached hydrogen (secondary N) is 4. The van der Waals surface area contributed by atoms with Gasteiger partial charge in [-0.2, -0.15) is 20.4 Å². The molecule has 12 aromatic rings. The fraction of sp³-hybridized carbons (Fsp3) is 0.460. The lowest BCUT2D eigenvalue weighted by Gasteiger charge is -2.22. The molecular weight excluding hydrogens is 1780 g/mol. The summed E-state index contributed by atoms with van der Waals surface area (Å²) in [6, 6.07) is 20.7. The minimum atomic E-state index is -1.67. The van der Waals surface area contributed by atoms with Gasteiger partial charge in [0.2, 0.25) is 9.23 Å². The number of benzene rings is 4. The fourth-order valence-corrected chi connectivity index (χ4v) is 13.0. The standard InChI is InChI=1S/C23H30N4O4.C22H28N4O4.C17H19N5O4.C17H21N5O2.C4H7BrO2.C3H8O.CH4O.Cl2OS/c1-7-9-16-18-19(27(5)26-16)21(28)25-20(24-18)15-12-14(10-11-17(15)31-8-2)13-23(3,4)22(29)30-6;1-6-8-15-17-18(26(5)25-15)20(27)24-19(23-17)14-11-13(9-10-16(14)30-7-2)12-22(3,4)21(28)29;1-4-6-12-14-15(21(3)20-12)17(23)19-16(18-14)11-9-10(22(24)25)7-8-13(11)26-5-2;1-4-6-12-14-15(22(3)21-12)17(23)20-16(19-14)11-9-10(18)7-8-13(11)24-5-2;1-4(2,5)3(6)7;1-3(2)4;1-2;1-4(2)3/h10-12H,7-9,13H2,1-6H3,(H,24,25,28);9-11H,6-8,12H2,1-5H3,(H,28,29)(H,23,24,27);7-9H,4-6H2,1-3H3,(H,18,19,23);7-9H,4-6,18H2,1-3H3,(H,19,20,23);1-2H3,(H,6,7);3-4H,1-2H3;2H,1H3;. The molecule has 4 aromatic carbocycles. The van der Waals surface area contributed by atoms with E-state index in [1.54, 1.807) is 108 Å². The van der Waals surface area contributed by atoms with E-state index in [1.165, 1.54) is 30.0 Å². The number of ether oxygens (including phenoxy) is 5. The van der Waals surface area contributed by atoms with Crippen LogP contribution in [0.15, 0.2) is 92.0 Å². The lowest BCUT2D eigenvalue weighted by atomic mass is 9.85. The molecule has 37 nitrogen and oxygen atoms in total. The molecule has 8 heterocycles. The van der Waals surface area contributed by atoms with Gasteiger partial charge in [-0.05, 0) is 181 Å². The topological polar surface area (TPSA) is 519 Å². The molecule has 0 radical (unpaired) electrons. The third kappa shape index (κ3) is 28.6. The molecular formula is C87H117BrCl2N18O19S. The van der Waals surface area contributed by atoms with Gasteiger partial charge in [-0.3, -0.25) is 62.4 Å². The number of carbonyl (C=O) groups excluding carboxylic acids is 1. The van der Waals surface area contributed by atoms with Crippen molar-refractivity contribution in [2.24, 2.45) is 39.0 Å². The summed E-state index contributed by atoms with van der Waals surface area (Å²) in [7, 11) is 16.7. The van der Waals surface area contributed by atoms with E-state index in [-0.39, 0.29) is 45.8 Å². The number of carbonyl (C=O) groups is 3. The maximum atomic E-state index is 12.9. The van der Waals surface area contributed by atoms with Crippen LogP contribution in [-0.2, 0) is 95.1 Å². The Bertz CT molecular complexity index is 6100. The fourth-order valence-electron chi connectivity index (χ4n) is 13.0. The van der Waals surface area contributed by atoms with Crippen LogP contribution in [0.25, 0.3) is 89.7 Å². The van der Waals surface area contributed by atoms with Crippen molar-refractivity contribution in [3.8, 4) is 68.5 Å². The number of aliphatic carboxylic acids is 2. The Morgan fingerprint density at radius 2 is 0.758 bits per heavy atom. The summed E-state index contributed by atoms with van der Waals surface area (Å²) < 4.78 is 42.2. The van der Waals surface area contributed by atoms with Gasteiger partial charge in [0.15, 0.2) is 22.1 Å². The molecule has 0 saturated carbocycles. The van der Waals surface area contributed by atoms with Gasteiger partial charge in [-0.15, -0.1) is 0 Å². The Morgan fingerprint density at radius 3 is 1.01 bits per heavy atom. The van der Waals surface area contributed by atoms with Crippen LogP contribution in [0.3, 0.4) is 0 Å². The number of H-pyrrole nitrogens is 4. The SMILES string of the molecule is CC(C)(Br)C(=O)O.CC(C)O.CCCc1nn(C)c2c(=O)[nH]c(-c3cc(CC(C)(C)C(=O)O)ccc3OCC)nc12.CCCc1nn(C)c2c(=O)[nH]c(-c3cc(CC(C)(C)C(=O)OC)ccc3OCC)nc12.CCCc1nn(C)c2c(=O)[nH]c(-c3cc(N)ccc3OCC)nc12.CCCc1nn(C)c2c(=O)[nH]c(-c3cc([N+](=O)[O-])ccc3OCC)nc12.CO.O=S(Cl)Cl. The number of carboxylic acids is 2. The zero-order chi connectivity index (χ0) is 96.2. The Kier molecular flexibility index (Phi) is 40.8. The summed E-state index contributed by atoms with van der Waals surface area (Å²) in [6.07, 6.45) is 7.12. The van der Waals surface area contributed by atoms with Crippen molar-refractivity contribution in [2.45, 2.75) is 185 Å². The van der Waals surface area contributed by atoms with E-state index in [9.17, 15) is 48.8 Å². The number of nitro groups is 1. The number of hydrogen-bond acceptors (Lipinski definition) is 26. The number of rotatable bonds is 28. The Labute approximate surface area is 759 Å². The highest BCUT2D eigenvalue weighted by Gasteiger charge is 2.32. The molecule has 0 atom stereocenters. The quantitative estimate of drug-likeness (QED) is 0.00549. The Morgan fingerprint density at radius 1 is 0.500 bits per heavy atom. The van der Waals surface area contributed by atoms with E-state index < -0.39 is 41.2 Å². The first-order chi connectivity index (χ1) is 60.3. The zero-order valence-corrected chi connectivity index (χ0v) is 80.2. The van der Waals surface area contributed by atoms with Gasteiger partial charge in [0.25, 0.3) is 27.9 Å². The maximum Gasteiger partial charge on any atom is 0.319 e. The maximum absolute atomic E-state index is 12.9. The lowest BCUT2D eigenvalue weighted by molar-refractivity contribution is -0.384. The van der Waals surface area contributed by atoms with Crippen LogP contribution in [0.4, 0.5) is 11.4 Å². The number of nitrogens with zero attached hydrogens (tertiary/aromatic N) is 13. The van der Waals surface area contributed by atoms with Gasteiger partial charge >= 0.3 is 17.9 Å². The van der Waals surface area contributed by atoms with Crippen LogP contribution >= 0.6 is 37.3 Å². The first kappa shape index (κ1) is 107. The molecule has 8 aromatic heterocycles. The average Bonchev–Trinajstić information content (AvgIpc) is 1.65. The third-order valence-electron chi connectivity index (χ3n) is 18.6. The number of aliphatic hydroxyl groups excluding tert-OH is 2. The molecule has 0 amide bonds. The summed E-state index contributed by atoms with van der Waals surface area (Å²) in [4.78, 5) is 125. The van der Waals surface area contributed by atoms with Crippen LogP contribution in [0.2, 0.25) is 0 Å². The zero-order valence-electron chi connectivity index (χ0n) is 76.3. The number of alkyl halides is 1. The van der Waals surface area contributed by atoms with Crippen molar-refractivity contribution >= 4 is 120 Å². The molecule has 10 N–H and O–H groups in total. The predicted molar refractivity (Wildman–Crippen MR) is 501 cm³/mol. The predicted octanol–water partition coefficient (Wildman–Crippen LogP) is 13.9. The number of non-ortho nitro benzene ring substituents is 1. The number of nitrogens with two attached hydrogens (primary N) is 1. The number of aromatic amines is 4. The average molecular weight is 1900 g/mol. The molecule has 0 aliphatic heterocycles. The van der Waals surface area contributed by atoms with Gasteiger partial charge in [0.1, 0.15) is 72.7 Å². The van der Waals surface area contributed by atoms with Crippen molar-refractivity contribution in [1.82, 2.24) is 79.0 Å². The second-order valence-corrected chi connectivity index (χ2v) is 35.3. The van der Waals surface area contributed by atoms with Gasteiger partial charge < -0.3 is 69.8 Å². The third-order valence-corrected chi connectivity index (χ3v) is 18.9. The summed E-state index contributed by atoms with van der Waals surface area (Å²) in [6.45, 7) is 31.2. The summed E-state index contributed by atoms with van der Waals surface area (Å²) >= 11 is 2.94. The normalized spacial score (nSPS) is 11.1. The molecule has 696 valence electrons. The summed E-state index contributed by atoms with van der Waals surface area (Å²) in [5, 5.41) is 61.6. The van der Waals surface area contributed by atoms with Crippen molar-refractivity contribution in [3.63, 3.8) is 0 Å². The van der Waals surface area contributed by atoms with E-state index in [1.807, 2.05) is 78.8 Å². The monoisotopic (exact) mass is 1900 g/mol. The van der Waals surface area contributed by atoms with E-state index in [2.05, 4.69) is 108 Å². The van der Waals surface area contributed by atoms with Crippen molar-refractivity contribution in [1.29, 1.82) is 0 Å². The van der Waals surface area contributed by atoms with E-state index in [0.29, 0.717) is 158 Å². The molecule has 0 aliphatic rings. The van der Waals surface area contributed by atoms with E-state index in [4.69, 9.17) is 58.9 Å². The van der Waals surface area contributed by atoms with Crippen LogP contribution in [0.5, 0.6) is 23.0 Å². The smallest absolute Gasteiger partial charge is 0.319 e. The molecule has 0 bridgehead atoms. The van der Waals surface area contributed by atoms with Gasteiger partial charge in [0.05, 0.1) is 94.3 Å². The second kappa shape index (κ2) is 49.0. The number of methoxy groups -OCH3 is 1. The Balaban J connectivity index is 0.000000285. The number of halogens is 3. The van der Waals surface area contributed by atoms with Crippen LogP contribution in [0.1, 0.15) is 170 Å². The van der Waals surface area contributed by atoms with Crippen LogP contribution in [0, 0.1) is 20.9 Å². The number of aryl methyl sites for hydroxylation is 8. The molecule has 0 spiro atoms. The lowest BCUT2D eigenvalue weighted by Crippen LogP contribution is -2.28. The number of hydrogen-bond donors (Lipinski definition) is 9. The van der Waals surface area contributed by atoms with Crippen LogP contribution < -0.4 is 46.9 Å². The molecule has 128 heavy (non-hydrogen) atoms. The van der Waals surface area contributed by atoms with E-state index >= 15 is 0 Å². The highest BCUT2D eigenvalue weighted by atomic mass is 79.9. The number of nitro benzene ring substituents is 1. The minimum absolute atomic E-state index is 0.105.